The number of nitrogen functional groups attached to an aromatic ring is 1. The van der Waals surface area contributed by atoms with Crippen molar-refractivity contribution < 1.29 is 13.6 Å². The number of hydrogen-bond acceptors (Lipinski definition) is 3. The maximum absolute atomic E-state index is 14.0. The lowest BCUT2D eigenvalue weighted by Gasteiger charge is -2.26. The molecule has 2 rings (SSSR count). The number of hydrogen-bond donors (Lipinski definition) is 1. The number of rotatable bonds is 4. The van der Waals surface area contributed by atoms with Crippen LogP contribution >= 0.6 is 11.3 Å². The molecular formula is C15H16F2N2OS. The van der Waals surface area contributed by atoms with Crippen molar-refractivity contribution in [2.45, 2.75) is 26.4 Å². The topological polar surface area (TPSA) is 46.3 Å². The number of nitrogens with two attached hydrogens (primary N) is 1. The highest BCUT2D eigenvalue weighted by molar-refractivity contribution is 7.09. The van der Waals surface area contributed by atoms with Crippen LogP contribution in [0.25, 0.3) is 0 Å². The third-order valence-corrected chi connectivity index (χ3v) is 3.95. The average molecular weight is 310 g/mol. The van der Waals surface area contributed by atoms with Crippen molar-refractivity contribution in [1.29, 1.82) is 0 Å². The zero-order valence-corrected chi connectivity index (χ0v) is 12.6. The van der Waals surface area contributed by atoms with Gasteiger partial charge in [-0.05, 0) is 37.4 Å². The molecular weight excluding hydrogens is 294 g/mol. The summed E-state index contributed by atoms with van der Waals surface area (Å²) in [6.07, 6.45) is 0. The molecule has 2 aromatic rings. The summed E-state index contributed by atoms with van der Waals surface area (Å²) in [5.74, 6) is -2.17. The van der Waals surface area contributed by atoms with Gasteiger partial charge in [0.25, 0.3) is 5.91 Å². The smallest absolute Gasteiger partial charge is 0.257 e. The summed E-state index contributed by atoms with van der Waals surface area (Å²) in [6.45, 7) is 4.00. The lowest BCUT2D eigenvalue weighted by atomic mass is 10.1. The molecule has 0 saturated carbocycles. The first-order valence-corrected chi connectivity index (χ1v) is 7.36. The zero-order valence-electron chi connectivity index (χ0n) is 11.8. The Balaban J connectivity index is 2.35. The monoisotopic (exact) mass is 310 g/mol. The lowest BCUT2D eigenvalue weighted by Crippen LogP contribution is -2.36. The van der Waals surface area contributed by atoms with Crippen LogP contribution in [0.3, 0.4) is 0 Å². The molecule has 0 saturated heterocycles. The second kappa shape index (κ2) is 6.22. The number of thiophene rings is 1. The summed E-state index contributed by atoms with van der Waals surface area (Å²) in [5.41, 5.74) is 4.69. The van der Waals surface area contributed by atoms with Crippen molar-refractivity contribution in [1.82, 2.24) is 4.90 Å². The first-order valence-electron chi connectivity index (χ1n) is 6.48. The maximum atomic E-state index is 14.0. The van der Waals surface area contributed by atoms with E-state index in [-0.39, 0.29) is 17.3 Å². The second-order valence-corrected chi connectivity index (χ2v) is 5.99. The highest BCUT2D eigenvalue weighted by atomic mass is 32.1. The molecule has 1 amide bonds. The minimum Gasteiger partial charge on any atom is -0.396 e. The number of carbonyl (C=O) groups excluding carboxylic acids is 1. The first-order chi connectivity index (χ1) is 9.90. The molecule has 0 aliphatic heterocycles. The fourth-order valence-electron chi connectivity index (χ4n) is 1.98. The SMILES string of the molecule is CC(C)N(Cc1cccs1)C(=O)c1cc(F)cc(N)c1F. The quantitative estimate of drug-likeness (QED) is 0.876. The van der Waals surface area contributed by atoms with Crippen LogP contribution in [0.2, 0.25) is 0 Å². The van der Waals surface area contributed by atoms with Gasteiger partial charge < -0.3 is 10.6 Å². The Morgan fingerprint density at radius 1 is 1.38 bits per heavy atom. The van der Waals surface area contributed by atoms with Crippen molar-refractivity contribution >= 4 is 22.9 Å². The molecule has 3 nitrogen and oxygen atoms in total. The molecule has 0 fully saturated rings. The molecule has 0 unspecified atom stereocenters. The van der Waals surface area contributed by atoms with Crippen molar-refractivity contribution in [3.05, 3.63) is 51.7 Å². The summed E-state index contributed by atoms with van der Waals surface area (Å²) in [4.78, 5) is 15.0. The van der Waals surface area contributed by atoms with E-state index in [0.717, 1.165) is 17.0 Å². The van der Waals surface area contributed by atoms with Gasteiger partial charge in [-0.15, -0.1) is 11.3 Å². The highest BCUT2D eigenvalue weighted by Gasteiger charge is 2.24. The van der Waals surface area contributed by atoms with E-state index in [1.165, 1.54) is 16.2 Å². The van der Waals surface area contributed by atoms with Gasteiger partial charge in [-0.3, -0.25) is 4.79 Å². The Morgan fingerprint density at radius 2 is 2.10 bits per heavy atom. The van der Waals surface area contributed by atoms with Crippen LogP contribution in [-0.2, 0) is 6.54 Å². The molecule has 112 valence electrons. The molecule has 0 aliphatic carbocycles. The summed E-state index contributed by atoms with van der Waals surface area (Å²) in [5, 5.41) is 1.90. The minimum absolute atomic E-state index is 0.150. The average Bonchev–Trinajstić information content (AvgIpc) is 2.92. The molecule has 6 heteroatoms. The fraction of sp³-hybridized carbons (Fsp3) is 0.267. The van der Waals surface area contributed by atoms with Crippen LogP contribution in [0.15, 0.2) is 29.6 Å². The second-order valence-electron chi connectivity index (χ2n) is 4.96. The normalized spacial score (nSPS) is 10.9. The van der Waals surface area contributed by atoms with Crippen molar-refractivity contribution in [3.8, 4) is 0 Å². The van der Waals surface area contributed by atoms with Gasteiger partial charge in [0.1, 0.15) is 5.82 Å². The van der Waals surface area contributed by atoms with Crippen molar-refractivity contribution in [2.24, 2.45) is 0 Å². The van der Waals surface area contributed by atoms with E-state index in [1.807, 2.05) is 31.4 Å². The van der Waals surface area contributed by atoms with Gasteiger partial charge in [0.2, 0.25) is 0 Å². The summed E-state index contributed by atoms with van der Waals surface area (Å²) in [7, 11) is 0. The van der Waals surface area contributed by atoms with Crippen LogP contribution in [0.4, 0.5) is 14.5 Å². The Kier molecular flexibility index (Phi) is 4.57. The van der Waals surface area contributed by atoms with Gasteiger partial charge in [0.05, 0.1) is 17.8 Å². The van der Waals surface area contributed by atoms with E-state index < -0.39 is 17.5 Å². The molecule has 0 radical (unpaired) electrons. The van der Waals surface area contributed by atoms with Crippen molar-refractivity contribution in [2.75, 3.05) is 5.73 Å². The van der Waals surface area contributed by atoms with Crippen LogP contribution in [0.1, 0.15) is 29.1 Å². The maximum Gasteiger partial charge on any atom is 0.257 e. The Hall–Kier alpha value is -1.95. The van der Waals surface area contributed by atoms with Crippen LogP contribution < -0.4 is 5.73 Å². The lowest BCUT2D eigenvalue weighted by molar-refractivity contribution is 0.0687. The molecule has 0 spiro atoms. The minimum atomic E-state index is -0.877. The molecule has 21 heavy (non-hydrogen) atoms. The van der Waals surface area contributed by atoms with E-state index in [9.17, 15) is 13.6 Å². The Morgan fingerprint density at radius 3 is 2.67 bits per heavy atom. The van der Waals surface area contributed by atoms with E-state index in [2.05, 4.69) is 0 Å². The van der Waals surface area contributed by atoms with Crippen molar-refractivity contribution in [3.63, 3.8) is 0 Å². The fourth-order valence-corrected chi connectivity index (χ4v) is 2.68. The number of anilines is 1. The number of carbonyl (C=O) groups is 1. The number of nitrogens with zero attached hydrogens (tertiary/aromatic N) is 1. The summed E-state index contributed by atoms with van der Waals surface area (Å²) in [6, 6.07) is 5.37. The number of halogens is 2. The van der Waals surface area contributed by atoms with Crippen LogP contribution in [-0.4, -0.2) is 16.8 Å². The third kappa shape index (κ3) is 3.39. The molecule has 1 aromatic heterocycles. The van der Waals surface area contributed by atoms with Crippen LogP contribution in [0, 0.1) is 11.6 Å². The van der Waals surface area contributed by atoms with Gasteiger partial charge >= 0.3 is 0 Å². The van der Waals surface area contributed by atoms with Gasteiger partial charge in [-0.25, -0.2) is 8.78 Å². The summed E-state index contributed by atoms with van der Waals surface area (Å²) >= 11 is 1.51. The number of benzene rings is 1. The molecule has 0 atom stereocenters. The predicted molar refractivity (Wildman–Crippen MR) is 80.1 cm³/mol. The molecule has 1 aromatic carbocycles. The third-order valence-electron chi connectivity index (χ3n) is 3.09. The van der Waals surface area contributed by atoms with E-state index in [0.29, 0.717) is 6.54 Å². The molecule has 1 heterocycles. The first kappa shape index (κ1) is 15.4. The Labute approximate surface area is 126 Å². The largest absolute Gasteiger partial charge is 0.396 e. The van der Waals surface area contributed by atoms with E-state index in [4.69, 9.17) is 5.73 Å². The Bertz CT molecular complexity index is 641. The zero-order chi connectivity index (χ0) is 15.6. The van der Waals surface area contributed by atoms with E-state index >= 15 is 0 Å². The van der Waals surface area contributed by atoms with E-state index in [1.54, 1.807) is 0 Å². The van der Waals surface area contributed by atoms with Gasteiger partial charge in [-0.2, -0.15) is 0 Å². The standard InChI is InChI=1S/C15H16F2N2OS/c1-9(2)19(8-11-4-3-5-21-11)15(20)12-6-10(16)7-13(18)14(12)17/h3-7,9H,8,18H2,1-2H3. The molecule has 2 N–H and O–H groups in total. The molecule has 0 bridgehead atoms. The summed E-state index contributed by atoms with van der Waals surface area (Å²) < 4.78 is 27.4. The van der Waals surface area contributed by atoms with Gasteiger partial charge in [0, 0.05) is 10.9 Å². The van der Waals surface area contributed by atoms with Gasteiger partial charge in [-0.1, -0.05) is 6.07 Å². The molecule has 0 aliphatic rings. The number of amides is 1. The van der Waals surface area contributed by atoms with Gasteiger partial charge in [0.15, 0.2) is 5.82 Å². The predicted octanol–water partition coefficient (Wildman–Crippen LogP) is 3.66. The highest BCUT2D eigenvalue weighted by Crippen LogP contribution is 2.22. The van der Waals surface area contributed by atoms with Crippen LogP contribution in [0.5, 0.6) is 0 Å².